The van der Waals surface area contributed by atoms with Crippen LogP contribution in [0.25, 0.3) is 10.9 Å². The van der Waals surface area contributed by atoms with E-state index in [-0.39, 0.29) is 24.4 Å². The monoisotopic (exact) mass is 356 g/mol. The maximum Gasteiger partial charge on any atom is 0.325 e. The van der Waals surface area contributed by atoms with Crippen molar-refractivity contribution < 1.29 is 14.4 Å². The van der Waals surface area contributed by atoms with E-state index in [2.05, 4.69) is 15.6 Å². The first-order valence-corrected chi connectivity index (χ1v) is 8.95. The van der Waals surface area contributed by atoms with Gasteiger partial charge < -0.3 is 15.6 Å². The molecule has 0 spiro atoms. The molecule has 26 heavy (non-hydrogen) atoms. The first-order valence-electron chi connectivity index (χ1n) is 8.95. The molecular weight excluding hydrogens is 332 g/mol. The fourth-order valence-electron chi connectivity index (χ4n) is 3.35. The standard InChI is InChI=1S/C19H24N4O3/c1-3-6-12(2)21-17(24)11-23-18(25)16(22-19(23)26)9-13-10-20-15-8-5-4-7-14(13)15/h4-5,7-8,10,12,16,20H,3,6,9,11H2,1-2H3,(H,21,24)(H,22,26)/t12-,16-/m1/s1. The van der Waals surface area contributed by atoms with E-state index in [0.717, 1.165) is 34.2 Å². The van der Waals surface area contributed by atoms with Gasteiger partial charge in [0.15, 0.2) is 0 Å². The van der Waals surface area contributed by atoms with Crippen molar-refractivity contribution >= 4 is 28.7 Å². The van der Waals surface area contributed by atoms with Crippen LogP contribution >= 0.6 is 0 Å². The van der Waals surface area contributed by atoms with Crippen molar-refractivity contribution in [1.82, 2.24) is 20.5 Å². The van der Waals surface area contributed by atoms with Gasteiger partial charge in [-0.15, -0.1) is 0 Å². The van der Waals surface area contributed by atoms with E-state index in [0.29, 0.717) is 6.42 Å². The van der Waals surface area contributed by atoms with E-state index in [9.17, 15) is 14.4 Å². The molecule has 0 bridgehead atoms. The molecule has 2 heterocycles. The lowest BCUT2D eigenvalue weighted by atomic mass is 10.1. The summed E-state index contributed by atoms with van der Waals surface area (Å²) in [6.45, 7) is 3.70. The van der Waals surface area contributed by atoms with E-state index in [4.69, 9.17) is 0 Å². The highest BCUT2D eigenvalue weighted by Gasteiger charge is 2.39. The van der Waals surface area contributed by atoms with Crippen molar-refractivity contribution in [2.75, 3.05) is 6.54 Å². The van der Waals surface area contributed by atoms with E-state index >= 15 is 0 Å². The van der Waals surface area contributed by atoms with Gasteiger partial charge in [-0.3, -0.25) is 14.5 Å². The maximum absolute atomic E-state index is 12.6. The Balaban J connectivity index is 1.64. The number of para-hydroxylation sites is 1. The van der Waals surface area contributed by atoms with Crippen LogP contribution in [0.2, 0.25) is 0 Å². The number of amides is 4. The minimum atomic E-state index is -0.650. The molecule has 2 atom stereocenters. The molecule has 3 rings (SSSR count). The maximum atomic E-state index is 12.6. The Morgan fingerprint density at radius 1 is 1.31 bits per heavy atom. The van der Waals surface area contributed by atoms with Gasteiger partial charge in [0.05, 0.1) is 0 Å². The lowest BCUT2D eigenvalue weighted by Crippen LogP contribution is -2.43. The van der Waals surface area contributed by atoms with Gasteiger partial charge in [-0.2, -0.15) is 0 Å². The Morgan fingerprint density at radius 2 is 2.08 bits per heavy atom. The van der Waals surface area contributed by atoms with E-state index in [1.165, 1.54) is 0 Å². The highest BCUT2D eigenvalue weighted by molar-refractivity contribution is 6.06. The second kappa shape index (κ2) is 7.59. The number of hydrogen-bond acceptors (Lipinski definition) is 3. The molecule has 1 aromatic carbocycles. The number of rotatable bonds is 7. The number of carbonyl (C=O) groups is 3. The number of benzene rings is 1. The predicted octanol–water partition coefficient (Wildman–Crippen LogP) is 1.94. The average Bonchev–Trinajstić information content (AvgIpc) is 3.12. The number of hydrogen-bond donors (Lipinski definition) is 3. The molecule has 4 amide bonds. The first-order chi connectivity index (χ1) is 12.5. The Kier molecular flexibility index (Phi) is 5.25. The van der Waals surface area contributed by atoms with Crippen LogP contribution < -0.4 is 10.6 Å². The van der Waals surface area contributed by atoms with Gasteiger partial charge in [0.25, 0.3) is 5.91 Å². The third-order valence-corrected chi connectivity index (χ3v) is 4.64. The Bertz CT molecular complexity index is 829. The van der Waals surface area contributed by atoms with Crippen molar-refractivity contribution in [2.45, 2.75) is 45.2 Å². The number of imide groups is 1. The molecule has 7 heteroatoms. The van der Waals surface area contributed by atoms with E-state index < -0.39 is 12.1 Å². The first kappa shape index (κ1) is 18.0. The second-order valence-corrected chi connectivity index (χ2v) is 6.75. The summed E-state index contributed by atoms with van der Waals surface area (Å²) in [5.74, 6) is -0.680. The molecule has 1 saturated heterocycles. The summed E-state index contributed by atoms with van der Waals surface area (Å²) >= 11 is 0. The number of nitrogens with zero attached hydrogens (tertiary/aromatic N) is 1. The molecule has 2 aromatic rings. The van der Waals surface area contributed by atoms with Gasteiger partial charge in [-0.25, -0.2) is 4.79 Å². The van der Waals surface area contributed by atoms with Crippen molar-refractivity contribution in [3.8, 4) is 0 Å². The van der Waals surface area contributed by atoms with Crippen LogP contribution in [0.4, 0.5) is 4.79 Å². The number of urea groups is 1. The number of carbonyl (C=O) groups excluding carboxylic acids is 3. The van der Waals surface area contributed by atoms with Crippen molar-refractivity contribution in [3.63, 3.8) is 0 Å². The zero-order valence-electron chi connectivity index (χ0n) is 15.0. The van der Waals surface area contributed by atoms with Crippen molar-refractivity contribution in [3.05, 3.63) is 36.0 Å². The molecule has 0 unspecified atom stereocenters. The predicted molar refractivity (Wildman–Crippen MR) is 98.5 cm³/mol. The zero-order valence-corrected chi connectivity index (χ0v) is 15.0. The highest BCUT2D eigenvalue weighted by Crippen LogP contribution is 2.21. The summed E-state index contributed by atoms with van der Waals surface area (Å²) in [5, 5.41) is 6.53. The average molecular weight is 356 g/mol. The molecule has 1 aliphatic heterocycles. The molecular formula is C19H24N4O3. The fourth-order valence-corrected chi connectivity index (χ4v) is 3.35. The molecule has 1 fully saturated rings. The Labute approximate surface area is 152 Å². The topological polar surface area (TPSA) is 94.3 Å². The Morgan fingerprint density at radius 3 is 2.85 bits per heavy atom. The molecule has 0 radical (unpaired) electrons. The minimum Gasteiger partial charge on any atom is -0.361 e. The normalized spacial score (nSPS) is 18.2. The highest BCUT2D eigenvalue weighted by atomic mass is 16.2. The van der Waals surface area contributed by atoms with Gasteiger partial charge >= 0.3 is 6.03 Å². The van der Waals surface area contributed by atoms with Crippen molar-refractivity contribution in [1.29, 1.82) is 0 Å². The number of nitrogens with one attached hydrogen (secondary N) is 3. The summed E-state index contributed by atoms with van der Waals surface area (Å²) in [7, 11) is 0. The Hall–Kier alpha value is -2.83. The molecule has 1 aliphatic rings. The number of aromatic amines is 1. The van der Waals surface area contributed by atoms with Crippen LogP contribution in [0.1, 0.15) is 32.3 Å². The van der Waals surface area contributed by atoms with Gasteiger partial charge in [0.1, 0.15) is 12.6 Å². The number of H-pyrrole nitrogens is 1. The van der Waals surface area contributed by atoms with Crippen LogP contribution in [0.3, 0.4) is 0 Å². The van der Waals surface area contributed by atoms with Gasteiger partial charge in [-0.05, 0) is 25.0 Å². The fraction of sp³-hybridized carbons (Fsp3) is 0.421. The van der Waals surface area contributed by atoms with Crippen LogP contribution in [-0.2, 0) is 16.0 Å². The summed E-state index contributed by atoms with van der Waals surface area (Å²) in [4.78, 5) is 41.0. The van der Waals surface area contributed by atoms with E-state index in [1.807, 2.05) is 44.3 Å². The van der Waals surface area contributed by atoms with Crippen LogP contribution in [0.5, 0.6) is 0 Å². The molecule has 3 N–H and O–H groups in total. The summed E-state index contributed by atoms with van der Waals surface area (Å²) < 4.78 is 0. The van der Waals surface area contributed by atoms with Crippen LogP contribution in [-0.4, -0.2) is 46.4 Å². The van der Waals surface area contributed by atoms with Gasteiger partial charge in [0.2, 0.25) is 5.91 Å². The minimum absolute atomic E-state index is 0.0234. The quantitative estimate of drug-likeness (QED) is 0.662. The van der Waals surface area contributed by atoms with Crippen LogP contribution in [0, 0.1) is 0 Å². The van der Waals surface area contributed by atoms with E-state index in [1.54, 1.807) is 0 Å². The smallest absolute Gasteiger partial charge is 0.325 e. The van der Waals surface area contributed by atoms with Gasteiger partial charge in [0, 0.05) is 29.6 Å². The lowest BCUT2D eigenvalue weighted by Gasteiger charge is -2.16. The summed E-state index contributed by atoms with van der Waals surface area (Å²) in [6, 6.07) is 6.66. The SMILES string of the molecule is CCC[C@@H](C)NC(=O)CN1C(=O)N[C@H](Cc2c[nH]c3ccccc23)C1=O. The van der Waals surface area contributed by atoms with Crippen LogP contribution in [0.15, 0.2) is 30.5 Å². The van der Waals surface area contributed by atoms with Gasteiger partial charge in [-0.1, -0.05) is 31.5 Å². The number of fused-ring (bicyclic) bond motifs is 1. The third-order valence-electron chi connectivity index (χ3n) is 4.64. The molecule has 1 aromatic heterocycles. The summed E-state index contributed by atoms with van der Waals surface area (Å²) in [5.41, 5.74) is 1.95. The molecule has 138 valence electrons. The third kappa shape index (κ3) is 3.71. The zero-order chi connectivity index (χ0) is 18.7. The second-order valence-electron chi connectivity index (χ2n) is 6.75. The summed E-state index contributed by atoms with van der Waals surface area (Å²) in [6.07, 6.45) is 4.05. The largest absolute Gasteiger partial charge is 0.361 e. The number of aromatic nitrogens is 1. The molecule has 7 nitrogen and oxygen atoms in total. The molecule has 0 aliphatic carbocycles. The lowest BCUT2D eigenvalue weighted by molar-refractivity contribution is -0.132. The molecule has 0 saturated carbocycles. The van der Waals surface area contributed by atoms with Crippen molar-refractivity contribution in [2.24, 2.45) is 0 Å².